The SMILES string of the molecule is CN1CCNCC1.CNCC1CCCCC1. The van der Waals surface area contributed by atoms with Crippen molar-refractivity contribution in [2.45, 2.75) is 32.1 Å². The molecule has 2 aliphatic rings. The summed E-state index contributed by atoms with van der Waals surface area (Å²) < 4.78 is 0. The summed E-state index contributed by atoms with van der Waals surface area (Å²) in [5.74, 6) is 0.990. The molecule has 3 nitrogen and oxygen atoms in total. The Balaban J connectivity index is 0.000000165. The van der Waals surface area contributed by atoms with Crippen LogP contribution in [0.2, 0.25) is 0 Å². The zero-order chi connectivity index (χ0) is 11.6. The van der Waals surface area contributed by atoms with Crippen LogP contribution in [0.1, 0.15) is 32.1 Å². The second-order valence-electron chi connectivity index (χ2n) is 5.11. The highest BCUT2D eigenvalue weighted by atomic mass is 15.2. The van der Waals surface area contributed by atoms with Crippen LogP contribution in [0.5, 0.6) is 0 Å². The summed E-state index contributed by atoms with van der Waals surface area (Å²) in [6, 6.07) is 0. The quantitative estimate of drug-likeness (QED) is 0.745. The summed E-state index contributed by atoms with van der Waals surface area (Å²) in [4.78, 5) is 2.33. The monoisotopic (exact) mass is 227 g/mol. The van der Waals surface area contributed by atoms with Crippen molar-refractivity contribution in [2.75, 3.05) is 46.8 Å². The summed E-state index contributed by atoms with van der Waals surface area (Å²) in [5, 5.41) is 6.51. The molecule has 0 bridgehead atoms. The lowest BCUT2D eigenvalue weighted by molar-refractivity contribution is 0.291. The summed E-state index contributed by atoms with van der Waals surface area (Å²) in [6.45, 7) is 5.98. The Morgan fingerprint density at radius 1 is 1.12 bits per heavy atom. The standard InChI is InChI=1S/C8H17N.C5H12N2/c1-9-7-8-5-3-2-4-6-8;1-7-4-2-6-3-5-7/h8-9H,2-7H2,1H3;6H,2-5H2,1H3. The lowest BCUT2D eigenvalue weighted by atomic mass is 9.89. The van der Waals surface area contributed by atoms with Gasteiger partial charge in [-0.2, -0.15) is 0 Å². The largest absolute Gasteiger partial charge is 0.319 e. The van der Waals surface area contributed by atoms with Crippen molar-refractivity contribution in [3.8, 4) is 0 Å². The maximum absolute atomic E-state index is 3.27. The number of hydrogen-bond acceptors (Lipinski definition) is 3. The third-order valence-corrected chi connectivity index (χ3v) is 3.56. The molecule has 16 heavy (non-hydrogen) atoms. The number of piperazine rings is 1. The van der Waals surface area contributed by atoms with Gasteiger partial charge in [-0.25, -0.2) is 0 Å². The molecule has 0 spiro atoms. The molecular weight excluding hydrogens is 198 g/mol. The van der Waals surface area contributed by atoms with Crippen LogP contribution < -0.4 is 10.6 Å². The predicted octanol–water partition coefficient (Wildman–Crippen LogP) is 1.31. The molecule has 0 aromatic rings. The minimum absolute atomic E-state index is 0.990. The van der Waals surface area contributed by atoms with Gasteiger partial charge in [0.1, 0.15) is 0 Å². The lowest BCUT2D eigenvalue weighted by Gasteiger charge is -2.21. The Bertz CT molecular complexity index is 147. The van der Waals surface area contributed by atoms with Crippen molar-refractivity contribution >= 4 is 0 Å². The van der Waals surface area contributed by atoms with Gasteiger partial charge in [-0.1, -0.05) is 19.3 Å². The molecule has 0 atom stereocenters. The van der Waals surface area contributed by atoms with Crippen molar-refractivity contribution in [3.05, 3.63) is 0 Å². The molecule has 0 unspecified atom stereocenters. The van der Waals surface area contributed by atoms with Crippen molar-refractivity contribution in [3.63, 3.8) is 0 Å². The summed E-state index contributed by atoms with van der Waals surface area (Å²) in [6.07, 6.45) is 7.32. The fourth-order valence-electron chi connectivity index (χ4n) is 2.46. The van der Waals surface area contributed by atoms with E-state index in [1.165, 1.54) is 51.7 Å². The first-order chi connectivity index (χ1) is 7.83. The molecule has 2 rings (SSSR count). The van der Waals surface area contributed by atoms with E-state index in [9.17, 15) is 0 Å². The zero-order valence-electron chi connectivity index (χ0n) is 11.1. The van der Waals surface area contributed by atoms with Gasteiger partial charge >= 0.3 is 0 Å². The Morgan fingerprint density at radius 2 is 1.75 bits per heavy atom. The summed E-state index contributed by atoms with van der Waals surface area (Å²) >= 11 is 0. The predicted molar refractivity (Wildman–Crippen MR) is 70.9 cm³/mol. The maximum atomic E-state index is 3.27. The van der Waals surface area contributed by atoms with Gasteiger partial charge in [-0.3, -0.25) is 0 Å². The molecule has 1 saturated carbocycles. The normalized spacial score (nSPS) is 23.6. The van der Waals surface area contributed by atoms with E-state index in [-0.39, 0.29) is 0 Å². The highest BCUT2D eigenvalue weighted by Crippen LogP contribution is 2.22. The van der Waals surface area contributed by atoms with Crippen LogP contribution >= 0.6 is 0 Å². The third-order valence-electron chi connectivity index (χ3n) is 3.56. The van der Waals surface area contributed by atoms with E-state index in [4.69, 9.17) is 0 Å². The first-order valence-corrected chi connectivity index (χ1v) is 6.87. The number of nitrogens with zero attached hydrogens (tertiary/aromatic N) is 1. The average molecular weight is 227 g/mol. The third kappa shape index (κ3) is 6.46. The Hall–Kier alpha value is -0.120. The van der Waals surface area contributed by atoms with Crippen molar-refractivity contribution in [2.24, 2.45) is 5.92 Å². The molecule has 0 aromatic carbocycles. The van der Waals surface area contributed by atoms with E-state index in [0.717, 1.165) is 19.0 Å². The molecule has 2 fully saturated rings. The molecule has 3 heteroatoms. The average Bonchev–Trinajstić information content (AvgIpc) is 2.33. The van der Waals surface area contributed by atoms with Gasteiger partial charge in [0.05, 0.1) is 0 Å². The molecule has 1 heterocycles. The van der Waals surface area contributed by atoms with Crippen LogP contribution in [0, 0.1) is 5.92 Å². The molecule has 96 valence electrons. The van der Waals surface area contributed by atoms with Crippen molar-refractivity contribution in [1.82, 2.24) is 15.5 Å². The minimum Gasteiger partial charge on any atom is -0.319 e. The Kier molecular flexibility index (Phi) is 7.81. The van der Waals surface area contributed by atoms with Crippen LogP contribution in [0.25, 0.3) is 0 Å². The Labute approximate surface area is 101 Å². The fraction of sp³-hybridized carbons (Fsp3) is 1.00. The number of rotatable bonds is 2. The van der Waals surface area contributed by atoms with E-state index >= 15 is 0 Å². The molecule has 0 amide bonds. The second-order valence-corrected chi connectivity index (χ2v) is 5.11. The molecule has 0 radical (unpaired) electrons. The highest BCUT2D eigenvalue weighted by molar-refractivity contribution is 4.66. The van der Waals surface area contributed by atoms with E-state index in [1.54, 1.807) is 0 Å². The highest BCUT2D eigenvalue weighted by Gasteiger charge is 2.11. The van der Waals surface area contributed by atoms with Crippen molar-refractivity contribution < 1.29 is 0 Å². The molecule has 0 aromatic heterocycles. The molecule has 1 aliphatic carbocycles. The van der Waals surface area contributed by atoms with E-state index in [0.29, 0.717) is 0 Å². The summed E-state index contributed by atoms with van der Waals surface area (Å²) in [5.41, 5.74) is 0. The van der Waals surface area contributed by atoms with E-state index < -0.39 is 0 Å². The smallest absolute Gasteiger partial charge is 0.0104 e. The van der Waals surface area contributed by atoms with E-state index in [1.807, 2.05) is 0 Å². The summed E-state index contributed by atoms with van der Waals surface area (Å²) in [7, 11) is 4.20. The van der Waals surface area contributed by atoms with Gasteiger partial charge in [-0.15, -0.1) is 0 Å². The minimum atomic E-state index is 0.990. The van der Waals surface area contributed by atoms with Gasteiger partial charge < -0.3 is 15.5 Å². The van der Waals surface area contributed by atoms with Crippen LogP contribution in [0.4, 0.5) is 0 Å². The molecule has 1 aliphatic heterocycles. The zero-order valence-corrected chi connectivity index (χ0v) is 11.1. The van der Waals surface area contributed by atoms with E-state index in [2.05, 4.69) is 29.6 Å². The van der Waals surface area contributed by atoms with Gasteiger partial charge in [0.15, 0.2) is 0 Å². The molecular formula is C13H29N3. The number of hydrogen-bond donors (Lipinski definition) is 2. The topological polar surface area (TPSA) is 27.3 Å². The Morgan fingerprint density at radius 3 is 2.19 bits per heavy atom. The molecule has 1 saturated heterocycles. The molecule has 2 N–H and O–H groups in total. The van der Waals surface area contributed by atoms with Crippen LogP contribution in [-0.2, 0) is 0 Å². The maximum Gasteiger partial charge on any atom is 0.0104 e. The van der Waals surface area contributed by atoms with Gasteiger partial charge in [0.2, 0.25) is 0 Å². The fourth-order valence-corrected chi connectivity index (χ4v) is 2.46. The first kappa shape index (κ1) is 13.9. The van der Waals surface area contributed by atoms with Crippen LogP contribution in [0.15, 0.2) is 0 Å². The van der Waals surface area contributed by atoms with Crippen LogP contribution in [-0.4, -0.2) is 51.7 Å². The number of likely N-dealkylation sites (N-methyl/N-ethyl adjacent to an activating group) is 1. The van der Waals surface area contributed by atoms with Crippen molar-refractivity contribution in [1.29, 1.82) is 0 Å². The number of nitrogens with one attached hydrogen (secondary N) is 2. The van der Waals surface area contributed by atoms with Gasteiger partial charge in [0.25, 0.3) is 0 Å². The first-order valence-electron chi connectivity index (χ1n) is 6.87. The van der Waals surface area contributed by atoms with Gasteiger partial charge in [-0.05, 0) is 39.4 Å². The van der Waals surface area contributed by atoms with Gasteiger partial charge in [0, 0.05) is 26.2 Å². The lowest BCUT2D eigenvalue weighted by Crippen LogP contribution is -2.40. The second kappa shape index (κ2) is 8.97. The van der Waals surface area contributed by atoms with Crippen LogP contribution in [0.3, 0.4) is 0 Å².